The summed E-state index contributed by atoms with van der Waals surface area (Å²) < 4.78 is 13.1. The molecule has 0 aliphatic heterocycles. The number of aryl methyl sites for hydroxylation is 1. The van der Waals surface area contributed by atoms with E-state index in [1.165, 1.54) is 10.9 Å². The summed E-state index contributed by atoms with van der Waals surface area (Å²) in [7, 11) is 3.69. The van der Waals surface area contributed by atoms with Crippen LogP contribution < -0.4 is 15.2 Å². The molecule has 4 heteroatoms. The normalized spacial score (nSPS) is 10.9. The minimum absolute atomic E-state index is 0.525. The van der Waals surface area contributed by atoms with Crippen LogP contribution in [-0.4, -0.2) is 11.7 Å². The molecular formula is C18H20N2O2. The summed E-state index contributed by atoms with van der Waals surface area (Å²) in [6.45, 7) is 1.06. The maximum absolute atomic E-state index is 5.89. The predicted octanol–water partition coefficient (Wildman–Crippen LogP) is 3.22. The minimum Gasteiger partial charge on any atom is -0.497 e. The second-order valence-electron chi connectivity index (χ2n) is 5.25. The Morgan fingerprint density at radius 3 is 2.41 bits per heavy atom. The Morgan fingerprint density at radius 2 is 1.73 bits per heavy atom. The van der Waals surface area contributed by atoms with Gasteiger partial charge in [-0.25, -0.2) is 0 Å². The van der Waals surface area contributed by atoms with E-state index in [0.717, 1.165) is 22.6 Å². The Morgan fingerprint density at radius 1 is 1.00 bits per heavy atom. The summed E-state index contributed by atoms with van der Waals surface area (Å²) in [5, 5.41) is 1.19. The highest BCUT2D eigenvalue weighted by Crippen LogP contribution is 2.25. The number of para-hydroxylation sites is 1. The van der Waals surface area contributed by atoms with E-state index in [1.807, 2.05) is 37.4 Å². The van der Waals surface area contributed by atoms with Gasteiger partial charge in [0, 0.05) is 30.7 Å². The molecule has 0 fully saturated rings. The van der Waals surface area contributed by atoms with E-state index >= 15 is 0 Å². The van der Waals surface area contributed by atoms with E-state index in [9.17, 15) is 0 Å². The lowest BCUT2D eigenvalue weighted by Gasteiger charge is -2.07. The fourth-order valence-electron chi connectivity index (χ4n) is 2.75. The quantitative estimate of drug-likeness (QED) is 0.786. The van der Waals surface area contributed by atoms with E-state index in [0.29, 0.717) is 13.2 Å². The van der Waals surface area contributed by atoms with Gasteiger partial charge >= 0.3 is 0 Å². The number of benzene rings is 2. The number of aromatic nitrogens is 1. The van der Waals surface area contributed by atoms with Gasteiger partial charge in [0.15, 0.2) is 0 Å². The fraction of sp³-hybridized carbons (Fsp3) is 0.222. The maximum Gasteiger partial charge on any atom is 0.120 e. The van der Waals surface area contributed by atoms with Crippen LogP contribution in [0.4, 0.5) is 0 Å². The lowest BCUT2D eigenvalue weighted by atomic mass is 10.1. The summed E-state index contributed by atoms with van der Waals surface area (Å²) >= 11 is 0. The van der Waals surface area contributed by atoms with Crippen LogP contribution >= 0.6 is 0 Å². The lowest BCUT2D eigenvalue weighted by Crippen LogP contribution is -1.99. The van der Waals surface area contributed by atoms with Crippen LogP contribution in [0.25, 0.3) is 10.9 Å². The van der Waals surface area contributed by atoms with Crippen molar-refractivity contribution in [1.29, 1.82) is 0 Å². The molecule has 0 radical (unpaired) electrons. The van der Waals surface area contributed by atoms with E-state index in [2.05, 4.69) is 22.9 Å². The number of hydrogen-bond donors (Lipinski definition) is 1. The molecule has 3 aromatic rings. The third-order valence-electron chi connectivity index (χ3n) is 3.84. The first kappa shape index (κ1) is 14.5. The smallest absolute Gasteiger partial charge is 0.120 e. The van der Waals surface area contributed by atoms with Crippen LogP contribution in [0.2, 0.25) is 0 Å². The van der Waals surface area contributed by atoms with Crippen LogP contribution in [-0.2, 0) is 20.2 Å². The number of fused-ring (bicyclic) bond motifs is 1. The van der Waals surface area contributed by atoms with Crippen LogP contribution in [0.3, 0.4) is 0 Å². The van der Waals surface area contributed by atoms with Crippen molar-refractivity contribution in [3.8, 4) is 11.5 Å². The molecule has 0 aliphatic rings. The van der Waals surface area contributed by atoms with Crippen molar-refractivity contribution in [2.75, 3.05) is 7.11 Å². The van der Waals surface area contributed by atoms with Gasteiger partial charge < -0.3 is 19.8 Å². The van der Waals surface area contributed by atoms with Crippen molar-refractivity contribution in [1.82, 2.24) is 4.57 Å². The van der Waals surface area contributed by atoms with Crippen molar-refractivity contribution in [2.45, 2.75) is 13.2 Å². The first-order valence-electron chi connectivity index (χ1n) is 7.25. The van der Waals surface area contributed by atoms with E-state index in [1.54, 1.807) is 7.11 Å². The Hall–Kier alpha value is -2.46. The molecule has 0 unspecified atom stereocenters. The summed E-state index contributed by atoms with van der Waals surface area (Å²) in [5.74, 6) is 1.65. The van der Waals surface area contributed by atoms with E-state index in [4.69, 9.17) is 15.2 Å². The van der Waals surface area contributed by atoms with Gasteiger partial charge in [0.2, 0.25) is 0 Å². The molecule has 2 N–H and O–H groups in total. The topological polar surface area (TPSA) is 49.4 Å². The van der Waals surface area contributed by atoms with Crippen molar-refractivity contribution in [2.24, 2.45) is 12.8 Å². The monoisotopic (exact) mass is 296 g/mol. The number of methoxy groups -OCH3 is 1. The zero-order chi connectivity index (χ0) is 15.5. The van der Waals surface area contributed by atoms with E-state index < -0.39 is 0 Å². The Bertz CT molecular complexity index is 776. The lowest BCUT2D eigenvalue weighted by molar-refractivity contribution is 0.306. The SMILES string of the molecule is COc1ccc(OCc2cn(C)c3c(CN)cccc23)cc1. The third-order valence-corrected chi connectivity index (χ3v) is 3.84. The number of hydrogen-bond acceptors (Lipinski definition) is 3. The van der Waals surface area contributed by atoms with Gasteiger partial charge in [0.1, 0.15) is 18.1 Å². The molecule has 1 aromatic heterocycles. The zero-order valence-electron chi connectivity index (χ0n) is 12.9. The number of nitrogens with two attached hydrogens (primary N) is 1. The van der Waals surface area contributed by atoms with Crippen molar-refractivity contribution in [3.05, 3.63) is 59.8 Å². The van der Waals surface area contributed by atoms with Crippen LogP contribution in [0.5, 0.6) is 11.5 Å². The van der Waals surface area contributed by atoms with Gasteiger partial charge in [0.05, 0.1) is 12.6 Å². The highest BCUT2D eigenvalue weighted by Gasteiger charge is 2.10. The number of rotatable bonds is 5. The molecule has 0 bridgehead atoms. The van der Waals surface area contributed by atoms with Crippen molar-refractivity contribution < 1.29 is 9.47 Å². The Balaban J connectivity index is 1.84. The average molecular weight is 296 g/mol. The van der Waals surface area contributed by atoms with E-state index in [-0.39, 0.29) is 0 Å². The second kappa shape index (κ2) is 6.12. The predicted molar refractivity (Wildman–Crippen MR) is 88.1 cm³/mol. The number of ether oxygens (including phenoxy) is 2. The molecule has 114 valence electrons. The Labute approximate surface area is 130 Å². The molecule has 0 atom stereocenters. The first-order valence-corrected chi connectivity index (χ1v) is 7.25. The number of nitrogens with zero attached hydrogens (tertiary/aromatic N) is 1. The summed E-state index contributed by atoms with van der Waals surface area (Å²) in [4.78, 5) is 0. The summed E-state index contributed by atoms with van der Waals surface area (Å²) in [6, 6.07) is 13.8. The van der Waals surface area contributed by atoms with Gasteiger partial charge in [-0.05, 0) is 29.8 Å². The largest absolute Gasteiger partial charge is 0.497 e. The van der Waals surface area contributed by atoms with Crippen LogP contribution in [0.15, 0.2) is 48.7 Å². The van der Waals surface area contributed by atoms with Gasteiger partial charge in [-0.15, -0.1) is 0 Å². The van der Waals surface area contributed by atoms with Gasteiger partial charge in [-0.1, -0.05) is 18.2 Å². The fourth-order valence-corrected chi connectivity index (χ4v) is 2.75. The van der Waals surface area contributed by atoms with Gasteiger partial charge in [-0.2, -0.15) is 0 Å². The summed E-state index contributed by atoms with van der Waals surface area (Å²) in [5.41, 5.74) is 9.31. The molecule has 22 heavy (non-hydrogen) atoms. The molecule has 4 nitrogen and oxygen atoms in total. The van der Waals surface area contributed by atoms with Crippen LogP contribution in [0.1, 0.15) is 11.1 Å². The zero-order valence-corrected chi connectivity index (χ0v) is 12.9. The van der Waals surface area contributed by atoms with Gasteiger partial charge in [0.25, 0.3) is 0 Å². The first-order chi connectivity index (χ1) is 10.7. The molecule has 3 rings (SSSR count). The summed E-state index contributed by atoms with van der Waals surface area (Å²) in [6.07, 6.45) is 2.10. The maximum atomic E-state index is 5.89. The highest BCUT2D eigenvalue weighted by atomic mass is 16.5. The highest BCUT2D eigenvalue weighted by molar-refractivity contribution is 5.86. The molecule has 2 aromatic carbocycles. The van der Waals surface area contributed by atoms with Crippen molar-refractivity contribution in [3.63, 3.8) is 0 Å². The second-order valence-corrected chi connectivity index (χ2v) is 5.25. The average Bonchev–Trinajstić information content (AvgIpc) is 2.90. The molecule has 0 spiro atoms. The molecule has 0 saturated heterocycles. The Kier molecular flexibility index (Phi) is 4.02. The molecule has 0 saturated carbocycles. The van der Waals surface area contributed by atoms with Crippen molar-refractivity contribution >= 4 is 10.9 Å². The van der Waals surface area contributed by atoms with Gasteiger partial charge in [-0.3, -0.25) is 0 Å². The standard InChI is InChI=1S/C18H20N2O2/c1-20-11-14(17-5-3-4-13(10-19)18(17)20)12-22-16-8-6-15(21-2)7-9-16/h3-9,11H,10,12,19H2,1-2H3. The molecular weight excluding hydrogens is 276 g/mol. The molecule has 1 heterocycles. The molecule has 0 amide bonds. The minimum atomic E-state index is 0.525. The molecule has 0 aliphatic carbocycles. The van der Waals surface area contributed by atoms with Crippen LogP contribution in [0, 0.1) is 0 Å². The third kappa shape index (κ3) is 2.65.